The number of aromatic amines is 1. The van der Waals surface area contributed by atoms with Gasteiger partial charge in [0.25, 0.3) is 0 Å². The van der Waals surface area contributed by atoms with E-state index in [-0.39, 0.29) is 5.91 Å². The molecule has 0 saturated carbocycles. The zero-order valence-electron chi connectivity index (χ0n) is 14.4. The SMILES string of the molecule is CN1C(=O)CCc2c1ccc(-c1n[nH]cc1CC1CCNCC1)c2Cl. The van der Waals surface area contributed by atoms with Crippen LogP contribution < -0.4 is 10.2 Å². The molecule has 2 N–H and O–H groups in total. The number of nitrogens with one attached hydrogen (secondary N) is 2. The van der Waals surface area contributed by atoms with Crippen molar-refractivity contribution < 1.29 is 4.79 Å². The first-order valence-corrected chi connectivity index (χ1v) is 9.34. The maximum atomic E-state index is 11.9. The van der Waals surface area contributed by atoms with Gasteiger partial charge in [-0.25, -0.2) is 0 Å². The fourth-order valence-electron chi connectivity index (χ4n) is 3.98. The molecule has 2 aromatic rings. The van der Waals surface area contributed by atoms with Gasteiger partial charge in [0, 0.05) is 30.9 Å². The van der Waals surface area contributed by atoms with Gasteiger partial charge in [0.15, 0.2) is 0 Å². The molecule has 5 nitrogen and oxygen atoms in total. The topological polar surface area (TPSA) is 61.0 Å². The van der Waals surface area contributed by atoms with E-state index in [0.29, 0.717) is 18.8 Å². The molecular weight excluding hydrogens is 336 g/mol. The second-order valence-electron chi connectivity index (χ2n) is 7.03. The van der Waals surface area contributed by atoms with Crippen molar-refractivity contribution in [2.75, 3.05) is 25.0 Å². The van der Waals surface area contributed by atoms with E-state index in [9.17, 15) is 4.79 Å². The van der Waals surface area contributed by atoms with Crippen molar-refractivity contribution in [2.24, 2.45) is 5.92 Å². The molecule has 25 heavy (non-hydrogen) atoms. The Balaban J connectivity index is 1.67. The van der Waals surface area contributed by atoms with Crippen molar-refractivity contribution in [1.82, 2.24) is 15.5 Å². The predicted octanol–water partition coefficient (Wildman–Crippen LogP) is 3.18. The number of rotatable bonds is 3. The molecule has 0 spiro atoms. The van der Waals surface area contributed by atoms with E-state index in [4.69, 9.17) is 11.6 Å². The van der Waals surface area contributed by atoms with Crippen LogP contribution in [-0.4, -0.2) is 36.2 Å². The minimum atomic E-state index is 0.141. The molecule has 1 amide bonds. The number of aromatic nitrogens is 2. The fourth-order valence-corrected chi connectivity index (χ4v) is 4.32. The van der Waals surface area contributed by atoms with Crippen LogP contribution in [0.5, 0.6) is 0 Å². The Bertz CT molecular complexity index is 795. The lowest BCUT2D eigenvalue weighted by Gasteiger charge is -2.27. The van der Waals surface area contributed by atoms with E-state index in [1.54, 1.807) is 4.90 Å². The van der Waals surface area contributed by atoms with Crippen LogP contribution in [0.3, 0.4) is 0 Å². The average molecular weight is 359 g/mol. The lowest BCUT2D eigenvalue weighted by atomic mass is 9.89. The monoisotopic (exact) mass is 358 g/mol. The van der Waals surface area contributed by atoms with Gasteiger partial charge in [-0.2, -0.15) is 5.10 Å². The van der Waals surface area contributed by atoms with Crippen LogP contribution in [0, 0.1) is 5.92 Å². The molecule has 2 aliphatic rings. The second kappa shape index (κ2) is 6.81. The molecule has 6 heteroatoms. The van der Waals surface area contributed by atoms with E-state index in [1.807, 2.05) is 25.4 Å². The van der Waals surface area contributed by atoms with Crippen molar-refractivity contribution in [3.05, 3.63) is 34.5 Å². The van der Waals surface area contributed by atoms with Crippen LogP contribution in [0.1, 0.15) is 30.4 Å². The Hall–Kier alpha value is -1.85. The maximum Gasteiger partial charge on any atom is 0.227 e. The standard InChI is InChI=1S/C19H23ClN4O/c1-24-16-4-2-15(18(20)14(16)3-5-17(24)25)19-13(11-22-23-19)10-12-6-8-21-9-7-12/h2,4,11-12,21H,3,5-10H2,1H3,(H,22,23). The van der Waals surface area contributed by atoms with Crippen LogP contribution in [0.15, 0.2) is 18.3 Å². The van der Waals surface area contributed by atoms with Crippen LogP contribution in [0.4, 0.5) is 5.69 Å². The molecule has 0 bridgehead atoms. The van der Waals surface area contributed by atoms with Crippen molar-refractivity contribution in [2.45, 2.75) is 32.1 Å². The molecule has 2 aliphatic heterocycles. The van der Waals surface area contributed by atoms with Crippen molar-refractivity contribution in [3.8, 4) is 11.3 Å². The molecular formula is C19H23ClN4O. The predicted molar refractivity (Wildman–Crippen MR) is 100 cm³/mol. The minimum Gasteiger partial charge on any atom is -0.317 e. The number of carbonyl (C=O) groups is 1. The number of anilines is 1. The Morgan fingerprint density at radius 3 is 2.88 bits per heavy atom. The number of H-pyrrole nitrogens is 1. The number of nitrogens with zero attached hydrogens (tertiary/aromatic N) is 2. The van der Waals surface area contributed by atoms with Gasteiger partial charge in [0.05, 0.1) is 10.7 Å². The first-order valence-electron chi connectivity index (χ1n) is 8.97. The van der Waals surface area contributed by atoms with Crippen molar-refractivity contribution in [3.63, 3.8) is 0 Å². The molecule has 4 rings (SSSR count). The lowest BCUT2D eigenvalue weighted by Crippen LogP contribution is -2.31. The average Bonchev–Trinajstić information content (AvgIpc) is 3.07. The maximum absolute atomic E-state index is 11.9. The van der Waals surface area contributed by atoms with Crippen LogP contribution in [0.2, 0.25) is 5.02 Å². The molecule has 1 aromatic heterocycles. The number of carbonyl (C=O) groups excluding carboxylic acids is 1. The first kappa shape index (κ1) is 16.6. The normalized spacial score (nSPS) is 18.5. The summed E-state index contributed by atoms with van der Waals surface area (Å²) in [7, 11) is 1.81. The van der Waals surface area contributed by atoms with E-state index in [0.717, 1.165) is 47.0 Å². The first-order chi connectivity index (χ1) is 12.1. The summed E-state index contributed by atoms with van der Waals surface area (Å²) in [5.74, 6) is 0.834. The molecule has 0 radical (unpaired) electrons. The largest absolute Gasteiger partial charge is 0.317 e. The van der Waals surface area contributed by atoms with E-state index < -0.39 is 0 Å². The minimum absolute atomic E-state index is 0.141. The third kappa shape index (κ3) is 3.07. The molecule has 1 fully saturated rings. The summed E-state index contributed by atoms with van der Waals surface area (Å²) >= 11 is 6.74. The van der Waals surface area contributed by atoms with E-state index in [1.165, 1.54) is 18.4 Å². The molecule has 1 saturated heterocycles. The molecule has 0 atom stereocenters. The summed E-state index contributed by atoms with van der Waals surface area (Å²) in [6.45, 7) is 2.19. The van der Waals surface area contributed by atoms with Gasteiger partial charge in [-0.3, -0.25) is 9.89 Å². The fraction of sp³-hybridized carbons (Fsp3) is 0.474. The van der Waals surface area contributed by atoms with Gasteiger partial charge < -0.3 is 10.2 Å². The highest BCUT2D eigenvalue weighted by molar-refractivity contribution is 6.34. The highest BCUT2D eigenvalue weighted by Gasteiger charge is 2.26. The third-order valence-electron chi connectivity index (χ3n) is 5.48. The van der Waals surface area contributed by atoms with E-state index >= 15 is 0 Å². The third-order valence-corrected chi connectivity index (χ3v) is 5.92. The molecule has 0 unspecified atom stereocenters. The number of amides is 1. The highest BCUT2D eigenvalue weighted by atomic mass is 35.5. The number of hydrogen-bond donors (Lipinski definition) is 2. The Morgan fingerprint density at radius 2 is 2.08 bits per heavy atom. The van der Waals surface area contributed by atoms with Crippen LogP contribution in [-0.2, 0) is 17.6 Å². The van der Waals surface area contributed by atoms with Gasteiger partial charge in [-0.05, 0) is 68.0 Å². The highest BCUT2D eigenvalue weighted by Crippen LogP contribution is 2.40. The van der Waals surface area contributed by atoms with Crippen molar-refractivity contribution in [1.29, 1.82) is 0 Å². The van der Waals surface area contributed by atoms with Crippen LogP contribution in [0.25, 0.3) is 11.3 Å². The molecule has 1 aromatic carbocycles. The zero-order chi connectivity index (χ0) is 17.4. The zero-order valence-corrected chi connectivity index (χ0v) is 15.2. The number of piperidine rings is 1. The summed E-state index contributed by atoms with van der Waals surface area (Å²) in [6, 6.07) is 4.00. The van der Waals surface area contributed by atoms with Gasteiger partial charge in [0.2, 0.25) is 5.91 Å². The molecule has 3 heterocycles. The smallest absolute Gasteiger partial charge is 0.227 e. The Morgan fingerprint density at radius 1 is 1.28 bits per heavy atom. The summed E-state index contributed by atoms with van der Waals surface area (Å²) in [5, 5.41) is 11.7. The summed E-state index contributed by atoms with van der Waals surface area (Å²) in [6.07, 6.45) is 6.64. The second-order valence-corrected chi connectivity index (χ2v) is 7.41. The Kier molecular flexibility index (Phi) is 4.52. The quantitative estimate of drug-likeness (QED) is 0.885. The van der Waals surface area contributed by atoms with Gasteiger partial charge in [-0.1, -0.05) is 11.6 Å². The lowest BCUT2D eigenvalue weighted by molar-refractivity contribution is -0.118. The van der Waals surface area contributed by atoms with Crippen molar-refractivity contribution >= 4 is 23.2 Å². The summed E-state index contributed by atoms with van der Waals surface area (Å²) in [4.78, 5) is 13.6. The number of halogens is 1. The summed E-state index contributed by atoms with van der Waals surface area (Å²) < 4.78 is 0. The van der Waals surface area contributed by atoms with Gasteiger partial charge in [0.1, 0.15) is 0 Å². The molecule has 0 aliphatic carbocycles. The van der Waals surface area contributed by atoms with Gasteiger partial charge in [-0.15, -0.1) is 0 Å². The molecule has 132 valence electrons. The number of benzene rings is 1. The van der Waals surface area contributed by atoms with Crippen LogP contribution >= 0.6 is 11.6 Å². The number of fused-ring (bicyclic) bond motifs is 1. The number of hydrogen-bond acceptors (Lipinski definition) is 3. The summed E-state index contributed by atoms with van der Waals surface area (Å²) in [5.41, 5.74) is 5.12. The Labute approximate surface area is 152 Å². The van der Waals surface area contributed by atoms with Gasteiger partial charge >= 0.3 is 0 Å². The van der Waals surface area contributed by atoms with E-state index in [2.05, 4.69) is 15.5 Å².